The highest BCUT2D eigenvalue weighted by atomic mass is 79.9. The van der Waals surface area contributed by atoms with Crippen LogP contribution in [-0.2, 0) is 4.74 Å². The Bertz CT molecular complexity index is 314. The molecule has 1 amide bonds. The first kappa shape index (κ1) is 12.7. The molecular formula is C10H14BrNO2S. The van der Waals surface area contributed by atoms with Crippen LogP contribution >= 0.6 is 27.3 Å². The number of thiophene rings is 1. The highest BCUT2D eigenvalue weighted by molar-refractivity contribution is 9.11. The Balaban J connectivity index is 2.19. The van der Waals surface area contributed by atoms with E-state index in [0.717, 1.165) is 21.7 Å². The van der Waals surface area contributed by atoms with Gasteiger partial charge in [0.1, 0.15) is 0 Å². The van der Waals surface area contributed by atoms with Gasteiger partial charge in [0.25, 0.3) is 5.91 Å². The quantitative estimate of drug-likeness (QED) is 0.819. The second-order valence-corrected chi connectivity index (χ2v) is 5.37. The summed E-state index contributed by atoms with van der Waals surface area (Å²) < 4.78 is 6.14. The van der Waals surface area contributed by atoms with Gasteiger partial charge in [-0.15, -0.1) is 11.3 Å². The molecular weight excluding hydrogens is 278 g/mol. The standard InChI is InChI=1S/C10H14BrNO2S/c1-2-14-7-3-6-12-10(13)8-4-5-9(11)15-8/h4-5H,2-3,6-7H2,1H3,(H,12,13). The van der Waals surface area contributed by atoms with E-state index in [4.69, 9.17) is 4.74 Å². The number of rotatable bonds is 6. The van der Waals surface area contributed by atoms with Crippen molar-refractivity contribution in [2.24, 2.45) is 0 Å². The van der Waals surface area contributed by atoms with Crippen LogP contribution in [0, 0.1) is 0 Å². The predicted molar refractivity (Wildman–Crippen MR) is 65.5 cm³/mol. The lowest BCUT2D eigenvalue weighted by Gasteiger charge is -2.03. The van der Waals surface area contributed by atoms with E-state index in [2.05, 4.69) is 21.2 Å². The molecule has 0 aliphatic rings. The molecule has 0 saturated heterocycles. The molecule has 0 bridgehead atoms. The average molecular weight is 292 g/mol. The van der Waals surface area contributed by atoms with Crippen LogP contribution in [0.25, 0.3) is 0 Å². The van der Waals surface area contributed by atoms with Crippen LogP contribution in [0.1, 0.15) is 23.0 Å². The predicted octanol–water partition coefficient (Wildman–Crippen LogP) is 2.67. The first-order valence-corrected chi connectivity index (χ1v) is 6.46. The Morgan fingerprint density at radius 3 is 3.00 bits per heavy atom. The highest BCUT2D eigenvalue weighted by Crippen LogP contribution is 2.21. The molecule has 0 aliphatic heterocycles. The lowest BCUT2D eigenvalue weighted by atomic mass is 10.4. The summed E-state index contributed by atoms with van der Waals surface area (Å²) in [5.74, 6) is -0.0119. The molecule has 1 N–H and O–H groups in total. The molecule has 0 fully saturated rings. The summed E-state index contributed by atoms with van der Waals surface area (Å²) in [5, 5.41) is 2.84. The molecule has 0 atom stereocenters. The van der Waals surface area contributed by atoms with Gasteiger partial charge in [0, 0.05) is 19.8 Å². The van der Waals surface area contributed by atoms with Gasteiger partial charge >= 0.3 is 0 Å². The van der Waals surface area contributed by atoms with Crippen LogP contribution in [0.3, 0.4) is 0 Å². The van der Waals surface area contributed by atoms with Gasteiger partial charge in [-0.05, 0) is 41.4 Å². The van der Waals surface area contributed by atoms with Crippen LogP contribution < -0.4 is 5.32 Å². The van der Waals surface area contributed by atoms with Crippen molar-refractivity contribution < 1.29 is 9.53 Å². The average Bonchev–Trinajstić information content (AvgIpc) is 2.64. The summed E-state index contributed by atoms with van der Waals surface area (Å²) in [6.07, 6.45) is 0.853. The van der Waals surface area contributed by atoms with Gasteiger partial charge in [-0.3, -0.25) is 4.79 Å². The molecule has 15 heavy (non-hydrogen) atoms. The van der Waals surface area contributed by atoms with Crippen LogP contribution in [0.5, 0.6) is 0 Å². The van der Waals surface area contributed by atoms with Gasteiger partial charge in [-0.1, -0.05) is 0 Å². The Labute approximate surface area is 102 Å². The third-order valence-corrected chi connectivity index (χ3v) is 3.37. The normalized spacial score (nSPS) is 10.3. The van der Waals surface area contributed by atoms with Crippen molar-refractivity contribution in [3.8, 4) is 0 Å². The molecule has 5 heteroatoms. The largest absolute Gasteiger partial charge is 0.382 e. The van der Waals surface area contributed by atoms with Gasteiger partial charge in [0.15, 0.2) is 0 Å². The number of halogens is 1. The third-order valence-electron chi connectivity index (χ3n) is 1.75. The summed E-state index contributed by atoms with van der Waals surface area (Å²) in [5.41, 5.74) is 0. The Hall–Kier alpha value is -0.390. The third kappa shape index (κ3) is 4.77. The Kier molecular flexibility index (Phi) is 5.90. The van der Waals surface area contributed by atoms with Gasteiger partial charge < -0.3 is 10.1 Å². The smallest absolute Gasteiger partial charge is 0.261 e. The van der Waals surface area contributed by atoms with E-state index in [-0.39, 0.29) is 5.91 Å². The molecule has 0 aromatic carbocycles. The van der Waals surface area contributed by atoms with Gasteiger partial charge in [-0.25, -0.2) is 0 Å². The Morgan fingerprint density at radius 1 is 1.60 bits per heavy atom. The van der Waals surface area contributed by atoms with Crippen molar-refractivity contribution in [2.75, 3.05) is 19.8 Å². The van der Waals surface area contributed by atoms with E-state index in [1.807, 2.05) is 19.1 Å². The number of nitrogens with one attached hydrogen (secondary N) is 1. The first-order chi connectivity index (χ1) is 7.24. The van der Waals surface area contributed by atoms with Crippen LogP contribution in [-0.4, -0.2) is 25.7 Å². The van der Waals surface area contributed by atoms with Crippen LogP contribution in [0.2, 0.25) is 0 Å². The molecule has 3 nitrogen and oxygen atoms in total. The van der Waals surface area contributed by atoms with Crippen molar-refractivity contribution in [1.82, 2.24) is 5.32 Å². The molecule has 84 valence electrons. The number of carbonyl (C=O) groups excluding carboxylic acids is 1. The summed E-state index contributed by atoms with van der Waals surface area (Å²) in [4.78, 5) is 12.3. The van der Waals surface area contributed by atoms with Gasteiger partial charge in [-0.2, -0.15) is 0 Å². The molecule has 1 aromatic rings. The maximum atomic E-state index is 11.5. The number of ether oxygens (including phenoxy) is 1. The molecule has 0 spiro atoms. The fraction of sp³-hybridized carbons (Fsp3) is 0.500. The first-order valence-electron chi connectivity index (χ1n) is 4.85. The molecule has 1 heterocycles. The molecule has 1 aromatic heterocycles. The summed E-state index contributed by atoms with van der Waals surface area (Å²) >= 11 is 4.76. The monoisotopic (exact) mass is 291 g/mol. The van der Waals surface area contributed by atoms with Crippen molar-refractivity contribution in [1.29, 1.82) is 0 Å². The van der Waals surface area contributed by atoms with Crippen molar-refractivity contribution in [3.63, 3.8) is 0 Å². The molecule has 1 rings (SSSR count). The van der Waals surface area contributed by atoms with Crippen molar-refractivity contribution in [3.05, 3.63) is 20.8 Å². The van der Waals surface area contributed by atoms with Crippen molar-refractivity contribution in [2.45, 2.75) is 13.3 Å². The van der Waals surface area contributed by atoms with E-state index in [0.29, 0.717) is 13.2 Å². The van der Waals surface area contributed by atoms with Crippen molar-refractivity contribution >= 4 is 33.2 Å². The topological polar surface area (TPSA) is 38.3 Å². The molecule has 0 radical (unpaired) electrons. The number of hydrogen-bond donors (Lipinski definition) is 1. The van der Waals surface area contributed by atoms with Crippen LogP contribution in [0.15, 0.2) is 15.9 Å². The SMILES string of the molecule is CCOCCCNC(=O)c1ccc(Br)s1. The summed E-state index contributed by atoms with van der Waals surface area (Å²) in [6.45, 7) is 4.05. The minimum absolute atomic E-state index is 0.0119. The highest BCUT2D eigenvalue weighted by Gasteiger charge is 2.06. The lowest BCUT2D eigenvalue weighted by Crippen LogP contribution is -2.24. The minimum atomic E-state index is -0.0119. The van der Waals surface area contributed by atoms with E-state index in [1.165, 1.54) is 11.3 Å². The van der Waals surface area contributed by atoms with E-state index >= 15 is 0 Å². The molecule has 0 unspecified atom stereocenters. The molecule has 0 saturated carbocycles. The minimum Gasteiger partial charge on any atom is -0.382 e. The fourth-order valence-electron chi connectivity index (χ4n) is 1.04. The number of amides is 1. The summed E-state index contributed by atoms with van der Waals surface area (Å²) in [7, 11) is 0. The van der Waals surface area contributed by atoms with E-state index in [1.54, 1.807) is 0 Å². The second-order valence-electron chi connectivity index (χ2n) is 2.91. The lowest BCUT2D eigenvalue weighted by molar-refractivity contribution is 0.0948. The van der Waals surface area contributed by atoms with Gasteiger partial charge in [0.05, 0.1) is 8.66 Å². The Morgan fingerprint density at radius 2 is 2.40 bits per heavy atom. The molecule has 0 aliphatic carbocycles. The maximum absolute atomic E-state index is 11.5. The maximum Gasteiger partial charge on any atom is 0.261 e. The number of carbonyl (C=O) groups is 1. The van der Waals surface area contributed by atoms with E-state index < -0.39 is 0 Å². The zero-order chi connectivity index (χ0) is 11.1. The zero-order valence-corrected chi connectivity index (χ0v) is 11.0. The number of hydrogen-bond acceptors (Lipinski definition) is 3. The van der Waals surface area contributed by atoms with Crippen LogP contribution in [0.4, 0.5) is 0 Å². The summed E-state index contributed by atoms with van der Waals surface area (Å²) in [6, 6.07) is 3.69. The van der Waals surface area contributed by atoms with E-state index in [9.17, 15) is 4.79 Å². The zero-order valence-electron chi connectivity index (χ0n) is 8.59. The second kappa shape index (κ2) is 6.98. The van der Waals surface area contributed by atoms with Gasteiger partial charge in [0.2, 0.25) is 0 Å². The fourth-order valence-corrected chi connectivity index (χ4v) is 2.35.